The summed E-state index contributed by atoms with van der Waals surface area (Å²) in [6.45, 7) is 4.18. The van der Waals surface area contributed by atoms with Crippen LogP contribution in [0, 0.1) is 5.92 Å². The molecule has 0 amide bonds. The standard InChI is InChI=1S/C11H17BrN2O/c1-8(2)11(15,7-13)5-10-4-3-9(12)6-14-10/h3-4,6,8,15H,5,7,13H2,1-2H3. The highest BCUT2D eigenvalue weighted by Crippen LogP contribution is 2.21. The Balaban J connectivity index is 2.79. The Morgan fingerprint density at radius 3 is 2.60 bits per heavy atom. The number of rotatable bonds is 4. The third-order valence-electron chi connectivity index (χ3n) is 2.70. The van der Waals surface area contributed by atoms with Gasteiger partial charge in [-0.05, 0) is 34.0 Å². The Labute approximate surface area is 98.8 Å². The third kappa shape index (κ3) is 3.26. The molecule has 0 bridgehead atoms. The van der Waals surface area contributed by atoms with Crippen LogP contribution < -0.4 is 5.73 Å². The number of pyridine rings is 1. The highest BCUT2D eigenvalue weighted by Gasteiger charge is 2.29. The van der Waals surface area contributed by atoms with Gasteiger partial charge in [-0.15, -0.1) is 0 Å². The molecular weight excluding hydrogens is 256 g/mol. The van der Waals surface area contributed by atoms with E-state index in [1.54, 1.807) is 6.20 Å². The van der Waals surface area contributed by atoms with Crippen molar-refractivity contribution in [3.05, 3.63) is 28.5 Å². The summed E-state index contributed by atoms with van der Waals surface area (Å²) in [5.74, 6) is 0.118. The number of nitrogens with zero attached hydrogens (tertiary/aromatic N) is 1. The van der Waals surface area contributed by atoms with Crippen molar-refractivity contribution < 1.29 is 5.11 Å². The third-order valence-corrected chi connectivity index (χ3v) is 3.17. The van der Waals surface area contributed by atoms with Crippen LogP contribution in [-0.4, -0.2) is 22.2 Å². The Morgan fingerprint density at radius 2 is 2.20 bits per heavy atom. The molecular formula is C11H17BrN2O. The van der Waals surface area contributed by atoms with E-state index in [0.29, 0.717) is 6.42 Å². The van der Waals surface area contributed by atoms with E-state index in [0.717, 1.165) is 10.2 Å². The lowest BCUT2D eigenvalue weighted by molar-refractivity contribution is 0.00323. The molecule has 0 aliphatic carbocycles. The molecule has 15 heavy (non-hydrogen) atoms. The van der Waals surface area contributed by atoms with Crippen LogP contribution in [0.3, 0.4) is 0 Å². The molecule has 0 fully saturated rings. The zero-order chi connectivity index (χ0) is 11.5. The van der Waals surface area contributed by atoms with Gasteiger partial charge in [0.2, 0.25) is 0 Å². The minimum atomic E-state index is -0.860. The average Bonchev–Trinajstić information content (AvgIpc) is 2.21. The fourth-order valence-corrected chi connectivity index (χ4v) is 1.57. The fraction of sp³-hybridized carbons (Fsp3) is 0.545. The molecule has 0 saturated carbocycles. The van der Waals surface area contributed by atoms with Crippen molar-refractivity contribution in [3.63, 3.8) is 0 Å². The Kier molecular flexibility index (Phi) is 4.25. The maximum atomic E-state index is 10.2. The first-order valence-electron chi connectivity index (χ1n) is 5.01. The lowest BCUT2D eigenvalue weighted by atomic mass is 9.86. The van der Waals surface area contributed by atoms with Gasteiger partial charge < -0.3 is 10.8 Å². The quantitative estimate of drug-likeness (QED) is 0.878. The molecule has 1 atom stereocenters. The van der Waals surface area contributed by atoms with Gasteiger partial charge in [-0.1, -0.05) is 13.8 Å². The second-order valence-corrected chi connectivity index (χ2v) is 5.02. The minimum Gasteiger partial charge on any atom is -0.388 e. The van der Waals surface area contributed by atoms with Crippen molar-refractivity contribution in [1.82, 2.24) is 4.98 Å². The van der Waals surface area contributed by atoms with Crippen molar-refractivity contribution >= 4 is 15.9 Å². The van der Waals surface area contributed by atoms with E-state index in [-0.39, 0.29) is 12.5 Å². The van der Waals surface area contributed by atoms with Crippen LogP contribution in [0.4, 0.5) is 0 Å². The van der Waals surface area contributed by atoms with E-state index in [1.165, 1.54) is 0 Å². The van der Waals surface area contributed by atoms with E-state index in [9.17, 15) is 5.11 Å². The van der Waals surface area contributed by atoms with Gasteiger partial charge in [-0.2, -0.15) is 0 Å². The van der Waals surface area contributed by atoms with Crippen molar-refractivity contribution in [3.8, 4) is 0 Å². The maximum Gasteiger partial charge on any atom is 0.0847 e. The molecule has 0 aromatic carbocycles. The van der Waals surface area contributed by atoms with Crippen molar-refractivity contribution in [2.24, 2.45) is 11.7 Å². The predicted molar refractivity (Wildman–Crippen MR) is 64.5 cm³/mol. The Bertz CT molecular complexity index is 313. The molecule has 0 radical (unpaired) electrons. The smallest absolute Gasteiger partial charge is 0.0847 e. The van der Waals surface area contributed by atoms with E-state index in [1.807, 2.05) is 26.0 Å². The van der Waals surface area contributed by atoms with Gasteiger partial charge in [0.1, 0.15) is 0 Å². The first kappa shape index (κ1) is 12.6. The van der Waals surface area contributed by atoms with Gasteiger partial charge in [0, 0.05) is 29.3 Å². The molecule has 1 unspecified atom stereocenters. The Hall–Kier alpha value is -0.450. The number of aromatic nitrogens is 1. The van der Waals surface area contributed by atoms with Gasteiger partial charge >= 0.3 is 0 Å². The van der Waals surface area contributed by atoms with Crippen molar-refractivity contribution in [2.45, 2.75) is 25.9 Å². The van der Waals surface area contributed by atoms with E-state index in [4.69, 9.17) is 5.73 Å². The summed E-state index contributed by atoms with van der Waals surface area (Å²) in [6.07, 6.45) is 2.22. The molecule has 1 heterocycles. The van der Waals surface area contributed by atoms with Crippen LogP contribution in [0.2, 0.25) is 0 Å². The van der Waals surface area contributed by atoms with Crippen LogP contribution in [0.1, 0.15) is 19.5 Å². The maximum absolute atomic E-state index is 10.2. The zero-order valence-electron chi connectivity index (χ0n) is 9.07. The first-order valence-corrected chi connectivity index (χ1v) is 5.80. The number of nitrogens with two attached hydrogens (primary N) is 1. The summed E-state index contributed by atoms with van der Waals surface area (Å²) in [5.41, 5.74) is 5.60. The zero-order valence-corrected chi connectivity index (χ0v) is 10.7. The highest BCUT2D eigenvalue weighted by molar-refractivity contribution is 9.10. The number of halogens is 1. The topological polar surface area (TPSA) is 59.1 Å². The van der Waals surface area contributed by atoms with Gasteiger partial charge in [-0.25, -0.2) is 0 Å². The van der Waals surface area contributed by atoms with Gasteiger partial charge in [0.05, 0.1) is 5.60 Å². The predicted octanol–water partition coefficient (Wildman–Crippen LogP) is 1.73. The summed E-state index contributed by atoms with van der Waals surface area (Å²) in [5, 5.41) is 10.2. The molecule has 84 valence electrons. The van der Waals surface area contributed by atoms with Crippen LogP contribution >= 0.6 is 15.9 Å². The van der Waals surface area contributed by atoms with Gasteiger partial charge in [-0.3, -0.25) is 4.98 Å². The summed E-state index contributed by atoms with van der Waals surface area (Å²) in [6, 6.07) is 3.81. The number of hydrogen-bond donors (Lipinski definition) is 2. The average molecular weight is 273 g/mol. The summed E-state index contributed by atoms with van der Waals surface area (Å²) in [7, 11) is 0. The number of aliphatic hydroxyl groups is 1. The molecule has 1 rings (SSSR count). The van der Waals surface area contributed by atoms with Crippen molar-refractivity contribution in [1.29, 1.82) is 0 Å². The number of hydrogen-bond acceptors (Lipinski definition) is 3. The summed E-state index contributed by atoms with van der Waals surface area (Å²) in [4.78, 5) is 4.23. The van der Waals surface area contributed by atoms with Gasteiger partial charge in [0.25, 0.3) is 0 Å². The minimum absolute atomic E-state index is 0.118. The van der Waals surface area contributed by atoms with Crippen LogP contribution in [-0.2, 0) is 6.42 Å². The van der Waals surface area contributed by atoms with E-state index < -0.39 is 5.60 Å². The molecule has 0 spiro atoms. The van der Waals surface area contributed by atoms with Crippen molar-refractivity contribution in [2.75, 3.05) is 6.54 Å². The summed E-state index contributed by atoms with van der Waals surface area (Å²) >= 11 is 3.32. The Morgan fingerprint density at radius 1 is 1.53 bits per heavy atom. The molecule has 4 heteroatoms. The molecule has 1 aromatic heterocycles. The monoisotopic (exact) mass is 272 g/mol. The molecule has 0 aliphatic heterocycles. The molecule has 0 aliphatic rings. The molecule has 0 saturated heterocycles. The van der Waals surface area contributed by atoms with Crippen LogP contribution in [0.5, 0.6) is 0 Å². The SMILES string of the molecule is CC(C)C(O)(CN)Cc1ccc(Br)cn1. The highest BCUT2D eigenvalue weighted by atomic mass is 79.9. The normalized spacial score (nSPS) is 15.3. The van der Waals surface area contributed by atoms with Crippen LogP contribution in [0.25, 0.3) is 0 Å². The van der Waals surface area contributed by atoms with E-state index >= 15 is 0 Å². The summed E-state index contributed by atoms with van der Waals surface area (Å²) < 4.78 is 0.937. The lowest BCUT2D eigenvalue weighted by Crippen LogP contribution is -2.45. The lowest BCUT2D eigenvalue weighted by Gasteiger charge is -2.30. The van der Waals surface area contributed by atoms with Gasteiger partial charge in [0.15, 0.2) is 0 Å². The first-order chi connectivity index (χ1) is 6.98. The largest absolute Gasteiger partial charge is 0.388 e. The van der Waals surface area contributed by atoms with Crippen LogP contribution in [0.15, 0.2) is 22.8 Å². The second-order valence-electron chi connectivity index (χ2n) is 4.11. The fourth-order valence-electron chi connectivity index (χ4n) is 1.34. The molecule has 3 N–H and O–H groups in total. The second kappa shape index (κ2) is 5.05. The molecule has 3 nitrogen and oxygen atoms in total. The molecule has 1 aromatic rings. The van der Waals surface area contributed by atoms with E-state index in [2.05, 4.69) is 20.9 Å².